The third-order valence-corrected chi connectivity index (χ3v) is 3.60. The average molecular weight is 300 g/mol. The normalized spacial score (nSPS) is 16.1. The summed E-state index contributed by atoms with van der Waals surface area (Å²) >= 11 is 6.16. The Morgan fingerprint density at radius 1 is 1.40 bits per heavy atom. The summed E-state index contributed by atoms with van der Waals surface area (Å²) in [6.07, 6.45) is 2.51. The van der Waals surface area contributed by atoms with Crippen molar-refractivity contribution in [2.24, 2.45) is 0 Å². The molecule has 112 valence electrons. The molecule has 0 saturated heterocycles. The second-order valence-corrected chi connectivity index (χ2v) is 5.38. The first-order valence-electron chi connectivity index (χ1n) is 6.87. The first kappa shape index (κ1) is 15.5. The fourth-order valence-electron chi connectivity index (χ4n) is 1.85. The molecular formula is C14H22ClN3O2. The van der Waals surface area contributed by atoms with E-state index >= 15 is 0 Å². The van der Waals surface area contributed by atoms with Gasteiger partial charge in [-0.3, -0.25) is 0 Å². The smallest absolute Gasteiger partial charge is 0.126 e. The van der Waals surface area contributed by atoms with Crippen molar-refractivity contribution in [3.8, 4) is 0 Å². The van der Waals surface area contributed by atoms with Crippen molar-refractivity contribution >= 4 is 17.4 Å². The molecule has 0 radical (unpaired) electrons. The highest BCUT2D eigenvalue weighted by atomic mass is 35.5. The fraction of sp³-hybridized carbons (Fsp3) is 0.643. The molecule has 20 heavy (non-hydrogen) atoms. The summed E-state index contributed by atoms with van der Waals surface area (Å²) in [5, 5.41) is 7.36. The lowest BCUT2D eigenvalue weighted by molar-refractivity contribution is 0.0365. The Bertz CT molecular complexity index is 427. The number of halogens is 1. The van der Waals surface area contributed by atoms with Gasteiger partial charge in [-0.05, 0) is 25.0 Å². The highest BCUT2D eigenvalue weighted by molar-refractivity contribution is 6.31. The van der Waals surface area contributed by atoms with E-state index in [9.17, 15) is 0 Å². The number of aromatic nitrogens is 1. The third kappa shape index (κ3) is 4.90. The Labute approximate surface area is 125 Å². The Balaban J connectivity index is 1.88. The van der Waals surface area contributed by atoms with E-state index in [1.165, 1.54) is 12.8 Å². The van der Waals surface area contributed by atoms with E-state index < -0.39 is 0 Å². The molecule has 1 aromatic heterocycles. The maximum atomic E-state index is 6.16. The molecule has 1 aromatic rings. The molecule has 2 rings (SSSR count). The van der Waals surface area contributed by atoms with Gasteiger partial charge in [0.2, 0.25) is 0 Å². The van der Waals surface area contributed by atoms with Crippen LogP contribution in [0.4, 0.5) is 5.82 Å². The number of rotatable bonds is 9. The summed E-state index contributed by atoms with van der Waals surface area (Å²) < 4.78 is 10.4. The number of ether oxygens (including phenoxy) is 2. The SMILES string of the molecule is COCC(CNc1ccc(Cl)c(CNC2CC2)n1)OC. The molecule has 1 fully saturated rings. The van der Waals surface area contributed by atoms with Crippen LogP contribution < -0.4 is 10.6 Å². The zero-order valence-corrected chi connectivity index (χ0v) is 12.7. The highest BCUT2D eigenvalue weighted by Gasteiger charge is 2.20. The first-order valence-corrected chi connectivity index (χ1v) is 7.25. The molecule has 1 saturated carbocycles. The van der Waals surface area contributed by atoms with Gasteiger partial charge in [0.15, 0.2) is 0 Å². The van der Waals surface area contributed by atoms with E-state index in [1.54, 1.807) is 14.2 Å². The number of nitrogens with one attached hydrogen (secondary N) is 2. The maximum Gasteiger partial charge on any atom is 0.126 e. The van der Waals surface area contributed by atoms with Gasteiger partial charge in [-0.2, -0.15) is 0 Å². The Morgan fingerprint density at radius 2 is 2.20 bits per heavy atom. The molecule has 1 unspecified atom stereocenters. The number of hydrogen-bond donors (Lipinski definition) is 2. The topological polar surface area (TPSA) is 55.4 Å². The Morgan fingerprint density at radius 3 is 2.85 bits per heavy atom. The molecule has 6 heteroatoms. The molecule has 0 amide bonds. The molecule has 0 bridgehead atoms. The van der Waals surface area contributed by atoms with Crippen molar-refractivity contribution in [3.05, 3.63) is 22.8 Å². The van der Waals surface area contributed by atoms with Gasteiger partial charge in [-0.25, -0.2) is 4.98 Å². The zero-order chi connectivity index (χ0) is 14.4. The van der Waals surface area contributed by atoms with Gasteiger partial charge in [0.1, 0.15) is 5.82 Å². The van der Waals surface area contributed by atoms with Crippen LogP contribution in [0.25, 0.3) is 0 Å². The largest absolute Gasteiger partial charge is 0.382 e. The standard InChI is InChI=1S/C14H22ClN3O2/c1-19-9-11(20-2)7-17-14-6-5-12(15)13(18-14)8-16-10-3-4-10/h5-6,10-11,16H,3-4,7-9H2,1-2H3,(H,17,18). The summed E-state index contributed by atoms with van der Waals surface area (Å²) in [5.41, 5.74) is 0.879. The van der Waals surface area contributed by atoms with Crippen LogP contribution in [0, 0.1) is 0 Å². The predicted molar refractivity (Wildman–Crippen MR) is 80.3 cm³/mol. The van der Waals surface area contributed by atoms with Crippen molar-refractivity contribution in [1.29, 1.82) is 0 Å². The predicted octanol–water partition coefficient (Wildman–Crippen LogP) is 2.06. The summed E-state index contributed by atoms with van der Waals surface area (Å²) in [4.78, 5) is 4.54. The van der Waals surface area contributed by atoms with Crippen LogP contribution in [0.2, 0.25) is 5.02 Å². The number of nitrogens with zero attached hydrogens (tertiary/aromatic N) is 1. The van der Waals surface area contributed by atoms with Crippen LogP contribution in [0.1, 0.15) is 18.5 Å². The van der Waals surface area contributed by atoms with Gasteiger partial charge in [-0.1, -0.05) is 11.6 Å². The first-order chi connectivity index (χ1) is 9.72. The van der Waals surface area contributed by atoms with Crippen LogP contribution in [0.5, 0.6) is 0 Å². The lowest BCUT2D eigenvalue weighted by Crippen LogP contribution is -2.27. The Kier molecular flexibility index (Phi) is 6.04. The van der Waals surface area contributed by atoms with E-state index in [0.29, 0.717) is 30.8 Å². The molecule has 1 aliphatic rings. The lowest BCUT2D eigenvalue weighted by Gasteiger charge is -2.16. The monoisotopic (exact) mass is 299 g/mol. The van der Waals surface area contributed by atoms with Crippen LogP contribution in [-0.2, 0) is 16.0 Å². The molecule has 1 atom stereocenters. The van der Waals surface area contributed by atoms with Crippen LogP contribution in [0.15, 0.2) is 12.1 Å². The number of methoxy groups -OCH3 is 2. The minimum Gasteiger partial charge on any atom is -0.382 e. The van der Waals surface area contributed by atoms with E-state index in [-0.39, 0.29) is 6.10 Å². The van der Waals surface area contributed by atoms with Crippen LogP contribution in [0.3, 0.4) is 0 Å². The fourth-order valence-corrected chi connectivity index (χ4v) is 2.02. The van der Waals surface area contributed by atoms with Crippen molar-refractivity contribution in [2.75, 3.05) is 32.7 Å². The molecule has 1 heterocycles. The molecule has 2 N–H and O–H groups in total. The van der Waals surface area contributed by atoms with Gasteiger partial charge < -0.3 is 20.1 Å². The van der Waals surface area contributed by atoms with Crippen molar-refractivity contribution < 1.29 is 9.47 Å². The zero-order valence-electron chi connectivity index (χ0n) is 12.0. The van der Waals surface area contributed by atoms with Gasteiger partial charge in [0.25, 0.3) is 0 Å². The second kappa shape index (κ2) is 7.78. The Hall–Kier alpha value is -0.880. The van der Waals surface area contributed by atoms with Gasteiger partial charge >= 0.3 is 0 Å². The molecular weight excluding hydrogens is 278 g/mol. The van der Waals surface area contributed by atoms with Gasteiger partial charge in [-0.15, -0.1) is 0 Å². The molecule has 0 aromatic carbocycles. The minimum atomic E-state index is 0.00511. The van der Waals surface area contributed by atoms with E-state index in [2.05, 4.69) is 15.6 Å². The lowest BCUT2D eigenvalue weighted by atomic mass is 10.3. The summed E-state index contributed by atoms with van der Waals surface area (Å²) in [6.45, 7) is 1.91. The highest BCUT2D eigenvalue weighted by Crippen LogP contribution is 2.21. The van der Waals surface area contributed by atoms with E-state index in [4.69, 9.17) is 21.1 Å². The number of pyridine rings is 1. The summed E-state index contributed by atoms with van der Waals surface area (Å²) in [5.74, 6) is 0.806. The molecule has 1 aliphatic carbocycles. The minimum absolute atomic E-state index is 0.00511. The van der Waals surface area contributed by atoms with Crippen molar-refractivity contribution in [3.63, 3.8) is 0 Å². The average Bonchev–Trinajstić information content (AvgIpc) is 3.27. The van der Waals surface area contributed by atoms with Gasteiger partial charge in [0.05, 0.1) is 23.4 Å². The molecule has 5 nitrogen and oxygen atoms in total. The van der Waals surface area contributed by atoms with E-state index in [1.807, 2.05) is 12.1 Å². The quantitative estimate of drug-likeness (QED) is 0.731. The molecule has 0 aliphatic heterocycles. The van der Waals surface area contributed by atoms with Crippen LogP contribution >= 0.6 is 11.6 Å². The van der Waals surface area contributed by atoms with Gasteiger partial charge in [0, 0.05) is 33.4 Å². The summed E-state index contributed by atoms with van der Waals surface area (Å²) in [6, 6.07) is 4.39. The summed E-state index contributed by atoms with van der Waals surface area (Å²) in [7, 11) is 3.33. The van der Waals surface area contributed by atoms with Crippen molar-refractivity contribution in [1.82, 2.24) is 10.3 Å². The van der Waals surface area contributed by atoms with E-state index in [0.717, 1.165) is 11.5 Å². The number of anilines is 1. The molecule has 0 spiro atoms. The van der Waals surface area contributed by atoms with Crippen LogP contribution in [-0.4, -0.2) is 44.5 Å². The van der Waals surface area contributed by atoms with Crippen molar-refractivity contribution in [2.45, 2.75) is 31.5 Å². The third-order valence-electron chi connectivity index (χ3n) is 3.25. The number of hydrogen-bond acceptors (Lipinski definition) is 5. The second-order valence-electron chi connectivity index (χ2n) is 4.97. The maximum absolute atomic E-state index is 6.16.